The van der Waals surface area contributed by atoms with Crippen molar-refractivity contribution in [3.8, 4) is 0 Å². The lowest BCUT2D eigenvalue weighted by Crippen LogP contribution is -2.39. The molecule has 8 nitrogen and oxygen atoms in total. The van der Waals surface area contributed by atoms with Crippen LogP contribution >= 0.6 is 11.6 Å². The van der Waals surface area contributed by atoms with Gasteiger partial charge in [0.25, 0.3) is 5.91 Å². The molecule has 0 aliphatic carbocycles. The zero-order valence-electron chi connectivity index (χ0n) is 18.4. The summed E-state index contributed by atoms with van der Waals surface area (Å²) < 4.78 is 5.57. The Balaban J connectivity index is 1.43. The van der Waals surface area contributed by atoms with E-state index in [4.69, 9.17) is 16.0 Å². The maximum atomic E-state index is 13.1. The van der Waals surface area contributed by atoms with E-state index in [1.807, 2.05) is 31.2 Å². The number of nitrogens with one attached hydrogen (secondary N) is 1. The molecule has 0 bridgehead atoms. The summed E-state index contributed by atoms with van der Waals surface area (Å²) in [6, 6.07) is 14.2. The van der Waals surface area contributed by atoms with Crippen molar-refractivity contribution in [1.29, 1.82) is 0 Å². The number of hydrogen-bond acceptors (Lipinski definition) is 6. The highest BCUT2D eigenvalue weighted by Crippen LogP contribution is 2.33. The first-order valence-corrected chi connectivity index (χ1v) is 10.9. The van der Waals surface area contributed by atoms with Gasteiger partial charge in [-0.1, -0.05) is 29.8 Å². The second kappa shape index (κ2) is 9.97. The molecule has 2 amide bonds. The quantitative estimate of drug-likeness (QED) is 0.571. The second-order valence-electron chi connectivity index (χ2n) is 7.97. The number of furan rings is 1. The number of hydrogen-bond donors (Lipinski definition) is 1. The minimum atomic E-state index is -0.350. The zero-order valence-corrected chi connectivity index (χ0v) is 19.1. The van der Waals surface area contributed by atoms with Crippen LogP contribution in [-0.4, -0.2) is 52.6 Å². The van der Waals surface area contributed by atoms with Gasteiger partial charge < -0.3 is 9.73 Å². The highest BCUT2D eigenvalue weighted by atomic mass is 35.5. The Morgan fingerprint density at radius 3 is 2.64 bits per heavy atom. The number of pyridine rings is 1. The highest BCUT2D eigenvalue weighted by molar-refractivity contribution is 6.30. The van der Waals surface area contributed by atoms with Crippen LogP contribution in [0.2, 0.25) is 5.02 Å². The molecule has 0 saturated carbocycles. The first kappa shape index (κ1) is 22.7. The van der Waals surface area contributed by atoms with Gasteiger partial charge in [0.05, 0.1) is 25.1 Å². The number of amides is 2. The van der Waals surface area contributed by atoms with Gasteiger partial charge in [0.15, 0.2) is 0 Å². The summed E-state index contributed by atoms with van der Waals surface area (Å²) >= 11 is 6.00. The summed E-state index contributed by atoms with van der Waals surface area (Å²) in [5.74, 6) is 0.641. The molecular weight excluding hydrogens is 442 g/mol. The summed E-state index contributed by atoms with van der Waals surface area (Å²) in [5.41, 5.74) is 2.67. The number of aromatic nitrogens is 1. The standard InChI is InChI=1S/C24H24ClN5O3/c1-16-5-10-22(26-13-16)27-23(31)14-29(2)15-24(32)30-20(21-4-3-11-33-21)12-19(28-30)17-6-8-18(25)9-7-17/h3-11,13,20H,12,14-15H2,1-2H3,(H,26,27,31). The molecule has 170 valence electrons. The number of nitrogens with zero attached hydrogens (tertiary/aromatic N) is 4. The molecule has 0 radical (unpaired) electrons. The van der Waals surface area contributed by atoms with Crippen LogP contribution in [-0.2, 0) is 9.59 Å². The van der Waals surface area contributed by atoms with Crippen LogP contribution in [0.3, 0.4) is 0 Å². The fourth-order valence-electron chi connectivity index (χ4n) is 3.59. The van der Waals surface area contributed by atoms with E-state index in [1.54, 1.807) is 48.7 Å². The Morgan fingerprint density at radius 1 is 1.18 bits per heavy atom. The van der Waals surface area contributed by atoms with Crippen molar-refractivity contribution in [2.75, 3.05) is 25.5 Å². The number of anilines is 1. The lowest BCUT2D eigenvalue weighted by atomic mass is 10.0. The Hall–Kier alpha value is -3.49. The maximum Gasteiger partial charge on any atom is 0.257 e. The first-order chi connectivity index (χ1) is 15.9. The smallest absolute Gasteiger partial charge is 0.257 e. The minimum Gasteiger partial charge on any atom is -0.467 e. The van der Waals surface area contributed by atoms with E-state index in [-0.39, 0.29) is 30.9 Å². The van der Waals surface area contributed by atoms with Crippen LogP contribution in [0.15, 0.2) is 70.5 Å². The number of rotatable bonds is 7. The van der Waals surface area contributed by atoms with Gasteiger partial charge in [0.1, 0.15) is 17.6 Å². The first-order valence-electron chi connectivity index (χ1n) is 10.5. The molecule has 0 saturated heterocycles. The van der Waals surface area contributed by atoms with Crippen molar-refractivity contribution >= 4 is 34.9 Å². The monoisotopic (exact) mass is 465 g/mol. The summed E-state index contributed by atoms with van der Waals surface area (Å²) in [6.45, 7) is 1.98. The molecule has 1 N–H and O–H groups in total. The Labute approximate surface area is 196 Å². The average Bonchev–Trinajstić information content (AvgIpc) is 3.45. The van der Waals surface area contributed by atoms with Gasteiger partial charge in [-0.05, 0) is 55.4 Å². The molecule has 0 spiro atoms. The van der Waals surface area contributed by atoms with Crippen molar-refractivity contribution in [3.63, 3.8) is 0 Å². The van der Waals surface area contributed by atoms with Crippen molar-refractivity contribution < 1.29 is 14.0 Å². The molecule has 3 aromatic rings. The zero-order chi connectivity index (χ0) is 23.4. The van der Waals surface area contributed by atoms with E-state index in [0.717, 1.165) is 16.8 Å². The number of carbonyl (C=O) groups excluding carboxylic acids is 2. The van der Waals surface area contributed by atoms with Crippen LogP contribution in [0.25, 0.3) is 0 Å². The Morgan fingerprint density at radius 2 is 1.97 bits per heavy atom. The van der Waals surface area contributed by atoms with Crippen LogP contribution in [0, 0.1) is 6.92 Å². The normalized spacial score (nSPS) is 15.6. The van der Waals surface area contributed by atoms with Gasteiger partial charge in [-0.25, -0.2) is 9.99 Å². The van der Waals surface area contributed by atoms with Gasteiger partial charge >= 0.3 is 0 Å². The molecular formula is C24H24ClN5O3. The molecule has 2 aromatic heterocycles. The lowest BCUT2D eigenvalue weighted by Gasteiger charge is -2.23. The summed E-state index contributed by atoms with van der Waals surface area (Å²) in [6.07, 6.45) is 3.78. The number of aryl methyl sites for hydroxylation is 1. The molecule has 1 atom stereocenters. The second-order valence-corrected chi connectivity index (χ2v) is 8.40. The fourth-order valence-corrected chi connectivity index (χ4v) is 3.71. The van der Waals surface area contributed by atoms with E-state index in [2.05, 4.69) is 15.4 Å². The Kier molecular flexibility index (Phi) is 6.86. The average molecular weight is 466 g/mol. The van der Waals surface area contributed by atoms with Gasteiger partial charge in [-0.15, -0.1) is 0 Å². The van der Waals surface area contributed by atoms with Crippen molar-refractivity contribution in [3.05, 3.63) is 82.9 Å². The van der Waals surface area contributed by atoms with Crippen molar-refractivity contribution in [1.82, 2.24) is 14.9 Å². The minimum absolute atomic E-state index is 0.0172. The number of benzene rings is 1. The van der Waals surface area contributed by atoms with E-state index in [0.29, 0.717) is 23.0 Å². The van der Waals surface area contributed by atoms with Gasteiger partial charge in [0, 0.05) is 17.6 Å². The topological polar surface area (TPSA) is 91.0 Å². The van der Waals surface area contributed by atoms with Crippen LogP contribution in [0.4, 0.5) is 5.82 Å². The van der Waals surface area contributed by atoms with E-state index >= 15 is 0 Å². The summed E-state index contributed by atoms with van der Waals surface area (Å²) in [7, 11) is 1.71. The predicted molar refractivity (Wildman–Crippen MR) is 126 cm³/mol. The van der Waals surface area contributed by atoms with Crippen molar-refractivity contribution in [2.24, 2.45) is 5.10 Å². The molecule has 0 fully saturated rings. The number of carbonyl (C=O) groups is 2. The van der Waals surface area contributed by atoms with Crippen molar-refractivity contribution in [2.45, 2.75) is 19.4 Å². The van der Waals surface area contributed by atoms with E-state index in [9.17, 15) is 9.59 Å². The molecule has 9 heteroatoms. The molecule has 3 heterocycles. The maximum absolute atomic E-state index is 13.1. The van der Waals surface area contributed by atoms with Gasteiger partial charge in [-0.3, -0.25) is 14.5 Å². The summed E-state index contributed by atoms with van der Waals surface area (Å²) in [5, 5.41) is 9.41. The van der Waals surface area contributed by atoms with Crippen LogP contribution < -0.4 is 5.32 Å². The third-order valence-electron chi connectivity index (χ3n) is 5.21. The largest absolute Gasteiger partial charge is 0.467 e. The lowest BCUT2D eigenvalue weighted by molar-refractivity contribution is -0.134. The fraction of sp³-hybridized carbons (Fsp3) is 0.250. The van der Waals surface area contributed by atoms with Gasteiger partial charge in [-0.2, -0.15) is 5.10 Å². The molecule has 1 aromatic carbocycles. The molecule has 1 aliphatic heterocycles. The molecule has 1 aliphatic rings. The number of likely N-dealkylation sites (N-methyl/N-ethyl adjacent to an activating group) is 1. The molecule has 1 unspecified atom stereocenters. The third kappa shape index (κ3) is 5.66. The van der Waals surface area contributed by atoms with Gasteiger partial charge in [0.2, 0.25) is 5.91 Å². The van der Waals surface area contributed by atoms with E-state index in [1.165, 1.54) is 5.01 Å². The molecule has 33 heavy (non-hydrogen) atoms. The van der Waals surface area contributed by atoms with E-state index < -0.39 is 0 Å². The Bertz CT molecular complexity index is 1140. The molecule has 4 rings (SSSR count). The number of hydrazone groups is 1. The SMILES string of the molecule is Cc1ccc(NC(=O)CN(C)CC(=O)N2N=C(c3ccc(Cl)cc3)CC2c2ccco2)nc1. The highest BCUT2D eigenvalue weighted by Gasteiger charge is 2.35. The predicted octanol–water partition coefficient (Wildman–Crippen LogP) is 3.88. The third-order valence-corrected chi connectivity index (χ3v) is 5.46. The summed E-state index contributed by atoms with van der Waals surface area (Å²) in [4.78, 5) is 31.3. The van der Waals surface area contributed by atoms with Crippen LogP contribution in [0.1, 0.15) is 29.3 Å². The van der Waals surface area contributed by atoms with Crippen LogP contribution in [0.5, 0.6) is 0 Å². The number of halogens is 1.